The summed E-state index contributed by atoms with van der Waals surface area (Å²) in [6, 6.07) is 11.5. The average molecular weight is 506 g/mol. The highest BCUT2D eigenvalue weighted by atomic mass is 35.5. The van der Waals surface area contributed by atoms with Crippen molar-refractivity contribution in [1.82, 2.24) is 10.2 Å². The number of anilines is 1. The first-order chi connectivity index (χ1) is 16.4. The first kappa shape index (κ1) is 26.2. The number of likely N-dealkylation sites (tertiary alicyclic amines) is 1. The van der Waals surface area contributed by atoms with Crippen molar-refractivity contribution in [2.45, 2.75) is 32.1 Å². The fraction of sp³-hybridized carbons (Fsp3) is 0.385. The molecule has 1 heterocycles. The summed E-state index contributed by atoms with van der Waals surface area (Å²) in [7, 11) is 0. The molecule has 5 nitrogen and oxygen atoms in total. The molecule has 2 aromatic rings. The highest BCUT2D eigenvalue weighted by molar-refractivity contribution is 6.31. The first-order valence-corrected chi connectivity index (χ1v) is 12.4. The minimum absolute atomic E-state index is 0.00293. The summed E-state index contributed by atoms with van der Waals surface area (Å²) in [6.45, 7) is 3.26. The lowest BCUT2D eigenvalue weighted by Crippen LogP contribution is -2.41. The third-order valence-corrected chi connectivity index (χ3v) is 6.35. The van der Waals surface area contributed by atoms with E-state index in [2.05, 4.69) is 15.5 Å². The fourth-order valence-electron chi connectivity index (χ4n) is 3.94. The zero-order valence-corrected chi connectivity index (χ0v) is 20.5. The van der Waals surface area contributed by atoms with Gasteiger partial charge >= 0.3 is 0 Å². The number of carbonyl (C=O) groups excluding carboxylic acids is 2. The standard InChI is InChI=1S/C26H30Cl2FN3O2/c27-21-9-6-19(7-10-21)8-13-25(33)30-14-2-1-3-15-32-16-4-5-20(18-32)26(34)31-22-11-12-24(29)23(28)17-22/h6-13,17,20H,1-5,14-16,18H2,(H,30,33)(H,31,34)/b13-8+. The Labute approximate surface area is 210 Å². The van der Waals surface area contributed by atoms with E-state index < -0.39 is 5.82 Å². The van der Waals surface area contributed by atoms with E-state index in [4.69, 9.17) is 23.2 Å². The van der Waals surface area contributed by atoms with Gasteiger partial charge in [0.25, 0.3) is 0 Å². The topological polar surface area (TPSA) is 61.4 Å². The summed E-state index contributed by atoms with van der Waals surface area (Å²) >= 11 is 11.7. The van der Waals surface area contributed by atoms with Gasteiger partial charge < -0.3 is 15.5 Å². The summed E-state index contributed by atoms with van der Waals surface area (Å²) < 4.78 is 13.3. The van der Waals surface area contributed by atoms with Crippen molar-refractivity contribution in [3.8, 4) is 0 Å². The number of benzene rings is 2. The van der Waals surface area contributed by atoms with Crippen molar-refractivity contribution in [2.75, 3.05) is 31.5 Å². The highest BCUT2D eigenvalue weighted by Gasteiger charge is 2.25. The second kappa shape index (κ2) is 13.5. The monoisotopic (exact) mass is 505 g/mol. The van der Waals surface area contributed by atoms with Crippen LogP contribution in [0.5, 0.6) is 0 Å². The van der Waals surface area contributed by atoms with Gasteiger partial charge in [0, 0.05) is 29.9 Å². The molecule has 1 fully saturated rings. The van der Waals surface area contributed by atoms with Crippen molar-refractivity contribution in [3.05, 3.63) is 70.0 Å². The van der Waals surface area contributed by atoms with Crippen LogP contribution >= 0.6 is 23.2 Å². The molecule has 34 heavy (non-hydrogen) atoms. The summed E-state index contributed by atoms with van der Waals surface area (Å²) in [4.78, 5) is 26.9. The van der Waals surface area contributed by atoms with E-state index in [9.17, 15) is 14.0 Å². The zero-order valence-electron chi connectivity index (χ0n) is 19.0. The molecule has 1 saturated heterocycles. The van der Waals surface area contributed by atoms with Crippen LogP contribution in [0.25, 0.3) is 6.08 Å². The number of piperidine rings is 1. The number of amides is 2. The first-order valence-electron chi connectivity index (χ1n) is 11.6. The van der Waals surface area contributed by atoms with Gasteiger partial charge in [-0.25, -0.2) is 4.39 Å². The molecule has 0 bridgehead atoms. The molecule has 1 aliphatic rings. The maximum atomic E-state index is 13.3. The molecule has 8 heteroatoms. The fourth-order valence-corrected chi connectivity index (χ4v) is 4.25. The minimum Gasteiger partial charge on any atom is -0.353 e. The normalized spacial score (nSPS) is 16.5. The molecule has 0 aliphatic carbocycles. The molecule has 2 aromatic carbocycles. The maximum Gasteiger partial charge on any atom is 0.243 e. The number of nitrogens with one attached hydrogen (secondary N) is 2. The van der Waals surface area contributed by atoms with Gasteiger partial charge in [-0.3, -0.25) is 9.59 Å². The Balaban J connectivity index is 1.29. The third kappa shape index (κ3) is 8.75. The Hall–Kier alpha value is -2.41. The van der Waals surface area contributed by atoms with Gasteiger partial charge in [-0.15, -0.1) is 0 Å². The molecule has 2 amide bonds. The molecular formula is C26H30Cl2FN3O2. The number of rotatable bonds is 10. The predicted octanol–water partition coefficient (Wildman–Crippen LogP) is 5.78. The van der Waals surface area contributed by atoms with Crippen LogP contribution in [0, 0.1) is 11.7 Å². The van der Waals surface area contributed by atoms with Gasteiger partial charge in [-0.2, -0.15) is 0 Å². The van der Waals surface area contributed by atoms with Gasteiger partial charge in [-0.05, 0) is 80.7 Å². The summed E-state index contributed by atoms with van der Waals surface area (Å²) in [5.41, 5.74) is 1.44. The van der Waals surface area contributed by atoms with E-state index in [0.29, 0.717) is 23.8 Å². The van der Waals surface area contributed by atoms with Crippen molar-refractivity contribution in [3.63, 3.8) is 0 Å². The van der Waals surface area contributed by atoms with Crippen LogP contribution in [0.3, 0.4) is 0 Å². The van der Waals surface area contributed by atoms with E-state index in [1.807, 2.05) is 12.1 Å². The van der Waals surface area contributed by atoms with Gasteiger partial charge in [-0.1, -0.05) is 41.8 Å². The van der Waals surface area contributed by atoms with Crippen LogP contribution in [0.2, 0.25) is 10.0 Å². The quantitative estimate of drug-likeness (QED) is 0.317. The van der Waals surface area contributed by atoms with Crippen molar-refractivity contribution in [2.24, 2.45) is 5.92 Å². The Morgan fingerprint density at radius 3 is 2.65 bits per heavy atom. The van der Waals surface area contributed by atoms with Crippen LogP contribution in [0.15, 0.2) is 48.5 Å². The number of halogens is 3. The molecule has 1 unspecified atom stereocenters. The number of unbranched alkanes of at least 4 members (excludes halogenated alkanes) is 2. The average Bonchev–Trinajstić information content (AvgIpc) is 2.83. The number of hydrogen-bond donors (Lipinski definition) is 2. The minimum atomic E-state index is -0.502. The van der Waals surface area contributed by atoms with E-state index >= 15 is 0 Å². The molecule has 182 valence electrons. The van der Waals surface area contributed by atoms with Gasteiger partial charge in [0.05, 0.1) is 10.9 Å². The van der Waals surface area contributed by atoms with Gasteiger partial charge in [0.2, 0.25) is 11.8 Å². The van der Waals surface area contributed by atoms with Crippen LogP contribution in [-0.4, -0.2) is 42.9 Å². The molecule has 2 N–H and O–H groups in total. The second-order valence-corrected chi connectivity index (χ2v) is 9.34. The summed E-state index contributed by atoms with van der Waals surface area (Å²) in [5.74, 6) is -0.759. The number of carbonyl (C=O) groups is 2. The molecule has 0 saturated carbocycles. The summed E-state index contributed by atoms with van der Waals surface area (Å²) in [5, 5.41) is 6.42. The van der Waals surface area contributed by atoms with Crippen LogP contribution in [-0.2, 0) is 9.59 Å². The number of nitrogens with zero attached hydrogens (tertiary/aromatic N) is 1. The Morgan fingerprint density at radius 2 is 1.88 bits per heavy atom. The van der Waals surface area contributed by atoms with Crippen LogP contribution < -0.4 is 10.6 Å². The zero-order chi connectivity index (χ0) is 24.3. The Kier molecular flexibility index (Phi) is 10.4. The van der Waals surface area contributed by atoms with Crippen molar-refractivity contribution >= 4 is 46.8 Å². The third-order valence-electron chi connectivity index (χ3n) is 5.81. The smallest absolute Gasteiger partial charge is 0.243 e. The van der Waals surface area contributed by atoms with Crippen molar-refractivity contribution < 1.29 is 14.0 Å². The number of hydrogen-bond acceptors (Lipinski definition) is 3. The molecule has 1 atom stereocenters. The van der Waals surface area contributed by atoms with Crippen molar-refractivity contribution in [1.29, 1.82) is 0 Å². The molecule has 1 aliphatic heterocycles. The van der Waals surface area contributed by atoms with E-state index in [1.54, 1.807) is 18.2 Å². The molecule has 0 radical (unpaired) electrons. The van der Waals surface area contributed by atoms with E-state index in [1.165, 1.54) is 24.3 Å². The summed E-state index contributed by atoms with van der Waals surface area (Å²) in [6.07, 6.45) is 8.02. The van der Waals surface area contributed by atoms with E-state index in [0.717, 1.165) is 50.8 Å². The molecular weight excluding hydrogens is 476 g/mol. The lowest BCUT2D eigenvalue weighted by molar-refractivity contribution is -0.121. The predicted molar refractivity (Wildman–Crippen MR) is 137 cm³/mol. The van der Waals surface area contributed by atoms with E-state index in [-0.39, 0.29) is 22.8 Å². The second-order valence-electron chi connectivity index (χ2n) is 8.49. The Bertz CT molecular complexity index is 998. The van der Waals surface area contributed by atoms with Gasteiger partial charge in [0.15, 0.2) is 0 Å². The largest absolute Gasteiger partial charge is 0.353 e. The molecule has 3 rings (SSSR count). The Morgan fingerprint density at radius 1 is 1.09 bits per heavy atom. The van der Waals surface area contributed by atoms with Gasteiger partial charge in [0.1, 0.15) is 5.82 Å². The molecule has 0 spiro atoms. The lowest BCUT2D eigenvalue weighted by Gasteiger charge is -2.32. The van der Waals surface area contributed by atoms with Crippen LogP contribution in [0.1, 0.15) is 37.7 Å². The molecule has 0 aromatic heterocycles. The lowest BCUT2D eigenvalue weighted by atomic mass is 9.96. The maximum absolute atomic E-state index is 13.3. The highest BCUT2D eigenvalue weighted by Crippen LogP contribution is 2.22. The SMILES string of the molecule is O=C(/C=C/c1ccc(Cl)cc1)NCCCCCN1CCCC(C(=O)Nc2ccc(F)c(Cl)c2)C1. The van der Waals surface area contributed by atoms with Crippen LogP contribution in [0.4, 0.5) is 10.1 Å².